The summed E-state index contributed by atoms with van der Waals surface area (Å²) in [6.45, 7) is 0. The fourth-order valence-electron chi connectivity index (χ4n) is 2.08. The van der Waals surface area contributed by atoms with Crippen LogP contribution in [0.2, 0.25) is 5.02 Å². The van der Waals surface area contributed by atoms with Crippen LogP contribution in [-0.4, -0.2) is 14.3 Å². The van der Waals surface area contributed by atoms with Crippen LogP contribution in [0.25, 0.3) is 10.1 Å². The van der Waals surface area contributed by atoms with Gasteiger partial charge in [0.25, 0.3) is 5.91 Å². The smallest absolute Gasteiger partial charge is 0.267 e. The maximum absolute atomic E-state index is 12.4. The lowest BCUT2D eigenvalue weighted by atomic mass is 10.2. The number of thiophene rings is 1. The van der Waals surface area contributed by atoms with Crippen molar-refractivity contribution in [3.8, 4) is 0 Å². The number of carbonyl (C=O) groups is 1. The van der Waals surface area contributed by atoms with E-state index in [1.165, 1.54) is 35.6 Å². The van der Waals surface area contributed by atoms with Crippen LogP contribution in [0.4, 0.5) is 5.69 Å². The first-order chi connectivity index (χ1) is 10.9. The first-order valence-electron chi connectivity index (χ1n) is 6.47. The summed E-state index contributed by atoms with van der Waals surface area (Å²) in [5, 5.41) is 8.96. The van der Waals surface area contributed by atoms with Crippen molar-refractivity contribution >= 4 is 54.6 Å². The van der Waals surface area contributed by atoms with E-state index in [1.807, 2.05) is 24.3 Å². The zero-order valence-electron chi connectivity index (χ0n) is 11.6. The second kappa shape index (κ2) is 5.93. The van der Waals surface area contributed by atoms with Crippen molar-refractivity contribution in [1.82, 2.24) is 0 Å². The summed E-state index contributed by atoms with van der Waals surface area (Å²) in [7, 11) is -3.76. The highest BCUT2D eigenvalue weighted by molar-refractivity contribution is 7.89. The van der Waals surface area contributed by atoms with E-state index >= 15 is 0 Å². The van der Waals surface area contributed by atoms with Crippen molar-refractivity contribution in [3.05, 3.63) is 58.4 Å². The number of fused-ring (bicyclic) bond motifs is 1. The van der Waals surface area contributed by atoms with E-state index in [-0.39, 0.29) is 10.8 Å². The number of carbonyl (C=O) groups excluding carboxylic acids is 1. The molecule has 5 nitrogen and oxygen atoms in total. The molecule has 1 aromatic heterocycles. The average molecular weight is 367 g/mol. The Hall–Kier alpha value is -1.93. The van der Waals surface area contributed by atoms with Gasteiger partial charge in [0.2, 0.25) is 10.0 Å². The van der Waals surface area contributed by atoms with Crippen LogP contribution < -0.4 is 10.5 Å². The van der Waals surface area contributed by atoms with Crippen LogP contribution in [0, 0.1) is 0 Å². The number of benzene rings is 2. The van der Waals surface area contributed by atoms with Crippen molar-refractivity contribution in [2.75, 3.05) is 5.32 Å². The summed E-state index contributed by atoms with van der Waals surface area (Å²) in [6.07, 6.45) is 0. The van der Waals surface area contributed by atoms with Crippen LogP contribution in [0.15, 0.2) is 53.4 Å². The number of sulfonamides is 1. The SMILES string of the molecule is NS(=O)(=O)c1ccc(NC(=O)c2sc3ccccc3c2Cl)cc1. The zero-order valence-corrected chi connectivity index (χ0v) is 14.0. The molecular weight excluding hydrogens is 356 g/mol. The highest BCUT2D eigenvalue weighted by Crippen LogP contribution is 2.35. The number of amides is 1. The summed E-state index contributed by atoms with van der Waals surface area (Å²) in [4.78, 5) is 12.7. The molecule has 3 aromatic rings. The Kier molecular flexibility index (Phi) is 4.11. The fraction of sp³-hybridized carbons (Fsp3) is 0. The van der Waals surface area contributed by atoms with Gasteiger partial charge in [0, 0.05) is 15.8 Å². The van der Waals surface area contributed by atoms with Gasteiger partial charge in [0.05, 0.1) is 9.92 Å². The molecule has 0 fully saturated rings. The molecule has 2 aromatic carbocycles. The molecule has 1 amide bonds. The van der Waals surface area contributed by atoms with Gasteiger partial charge in [0.15, 0.2) is 0 Å². The lowest BCUT2D eigenvalue weighted by Gasteiger charge is -2.05. The van der Waals surface area contributed by atoms with Crippen molar-refractivity contribution in [3.63, 3.8) is 0 Å². The van der Waals surface area contributed by atoms with Gasteiger partial charge in [-0.2, -0.15) is 0 Å². The molecule has 0 saturated heterocycles. The number of anilines is 1. The number of nitrogens with one attached hydrogen (secondary N) is 1. The van der Waals surface area contributed by atoms with Gasteiger partial charge in [-0.3, -0.25) is 4.79 Å². The Balaban J connectivity index is 1.87. The van der Waals surface area contributed by atoms with Gasteiger partial charge in [-0.25, -0.2) is 13.6 Å². The highest BCUT2D eigenvalue weighted by atomic mass is 35.5. The van der Waals surface area contributed by atoms with Crippen LogP contribution in [0.3, 0.4) is 0 Å². The van der Waals surface area contributed by atoms with E-state index in [0.29, 0.717) is 15.6 Å². The Bertz CT molecular complexity index is 995. The first kappa shape index (κ1) is 15.9. The van der Waals surface area contributed by atoms with Gasteiger partial charge < -0.3 is 5.32 Å². The largest absolute Gasteiger partial charge is 0.321 e. The second-order valence-corrected chi connectivity index (χ2v) is 7.76. The maximum atomic E-state index is 12.4. The molecule has 8 heteroatoms. The molecule has 0 radical (unpaired) electrons. The zero-order chi connectivity index (χ0) is 16.6. The minimum atomic E-state index is -3.76. The number of hydrogen-bond donors (Lipinski definition) is 2. The number of halogens is 1. The van der Waals surface area contributed by atoms with Crippen molar-refractivity contribution in [2.24, 2.45) is 5.14 Å². The van der Waals surface area contributed by atoms with E-state index in [2.05, 4.69) is 5.32 Å². The van der Waals surface area contributed by atoms with E-state index in [1.54, 1.807) is 0 Å². The molecule has 0 saturated carbocycles. The predicted octanol–water partition coefficient (Wildman–Crippen LogP) is 3.45. The van der Waals surface area contributed by atoms with Gasteiger partial charge in [-0.15, -0.1) is 11.3 Å². The normalized spacial score (nSPS) is 11.6. The lowest BCUT2D eigenvalue weighted by molar-refractivity contribution is 0.103. The minimum Gasteiger partial charge on any atom is -0.321 e. The lowest BCUT2D eigenvalue weighted by Crippen LogP contribution is -2.13. The summed E-state index contributed by atoms with van der Waals surface area (Å²) < 4.78 is 23.3. The molecule has 1 heterocycles. The summed E-state index contributed by atoms with van der Waals surface area (Å²) in [5.74, 6) is -0.348. The summed E-state index contributed by atoms with van der Waals surface area (Å²) in [6, 6.07) is 13.1. The topological polar surface area (TPSA) is 89.3 Å². The summed E-state index contributed by atoms with van der Waals surface area (Å²) in [5.41, 5.74) is 0.455. The number of rotatable bonds is 3. The first-order valence-corrected chi connectivity index (χ1v) is 9.21. The molecule has 0 aliphatic carbocycles. The molecule has 0 atom stereocenters. The Morgan fingerprint density at radius 1 is 1.09 bits per heavy atom. The molecule has 118 valence electrons. The monoisotopic (exact) mass is 366 g/mol. The van der Waals surface area contributed by atoms with Crippen molar-refractivity contribution in [1.29, 1.82) is 0 Å². The standard InChI is InChI=1S/C15H11ClN2O3S2/c16-13-11-3-1-2-4-12(11)22-14(13)15(19)18-9-5-7-10(8-6-9)23(17,20)21/h1-8H,(H,18,19)(H2,17,20,21). The molecular formula is C15H11ClN2O3S2. The number of primary sulfonamides is 1. The number of hydrogen-bond acceptors (Lipinski definition) is 4. The third-order valence-corrected chi connectivity index (χ3v) is 5.79. The molecule has 0 spiro atoms. The molecule has 3 rings (SSSR count). The van der Waals surface area contributed by atoms with Crippen LogP contribution >= 0.6 is 22.9 Å². The van der Waals surface area contributed by atoms with Crippen molar-refractivity contribution < 1.29 is 13.2 Å². The maximum Gasteiger partial charge on any atom is 0.267 e. The Labute approximate surface area is 141 Å². The molecule has 0 aliphatic heterocycles. The Morgan fingerprint density at radius 2 is 1.74 bits per heavy atom. The van der Waals surface area contributed by atoms with E-state index < -0.39 is 10.0 Å². The average Bonchev–Trinajstić information content (AvgIpc) is 2.85. The second-order valence-electron chi connectivity index (χ2n) is 4.76. The molecule has 0 aliphatic rings. The molecule has 3 N–H and O–H groups in total. The third-order valence-electron chi connectivity index (χ3n) is 3.18. The number of nitrogens with two attached hydrogens (primary N) is 1. The predicted molar refractivity (Wildman–Crippen MR) is 92.6 cm³/mol. The van der Waals surface area contributed by atoms with E-state index in [4.69, 9.17) is 16.7 Å². The van der Waals surface area contributed by atoms with Crippen LogP contribution in [0.5, 0.6) is 0 Å². The van der Waals surface area contributed by atoms with Gasteiger partial charge >= 0.3 is 0 Å². The molecule has 0 unspecified atom stereocenters. The summed E-state index contributed by atoms with van der Waals surface area (Å²) >= 11 is 7.56. The van der Waals surface area contributed by atoms with Crippen molar-refractivity contribution in [2.45, 2.75) is 4.90 Å². The van der Waals surface area contributed by atoms with Gasteiger partial charge in [-0.1, -0.05) is 29.8 Å². The van der Waals surface area contributed by atoms with E-state index in [0.717, 1.165) is 10.1 Å². The molecule has 0 bridgehead atoms. The van der Waals surface area contributed by atoms with Crippen LogP contribution in [-0.2, 0) is 10.0 Å². The van der Waals surface area contributed by atoms with Crippen LogP contribution in [0.1, 0.15) is 9.67 Å². The van der Waals surface area contributed by atoms with Gasteiger partial charge in [0.1, 0.15) is 4.88 Å². The fourth-order valence-corrected chi connectivity index (χ4v) is 4.00. The van der Waals surface area contributed by atoms with E-state index in [9.17, 15) is 13.2 Å². The van der Waals surface area contributed by atoms with Gasteiger partial charge in [-0.05, 0) is 30.3 Å². The third kappa shape index (κ3) is 3.23. The quantitative estimate of drug-likeness (QED) is 0.743. The minimum absolute atomic E-state index is 0.0182. The molecule has 23 heavy (non-hydrogen) atoms. The Morgan fingerprint density at radius 3 is 2.35 bits per heavy atom. The highest BCUT2D eigenvalue weighted by Gasteiger charge is 2.17.